The van der Waals surface area contributed by atoms with Crippen LogP contribution in [-0.2, 0) is 9.53 Å². The minimum atomic E-state index is -1.12. The molecule has 0 rings (SSSR count). The Morgan fingerprint density at radius 3 is 1.80 bits per heavy atom. The number of likely N-dealkylation sites (N-methyl/N-ethyl adjacent to an activating group) is 1. The van der Waals surface area contributed by atoms with Crippen molar-refractivity contribution >= 4 is 5.97 Å². The first-order chi connectivity index (χ1) is 14.2. The van der Waals surface area contributed by atoms with Crippen molar-refractivity contribution in [2.75, 3.05) is 27.7 Å². The zero-order chi connectivity index (χ0) is 22.7. The van der Waals surface area contributed by atoms with Gasteiger partial charge in [-0.25, -0.2) is 0 Å². The number of unbranched alkanes of at least 4 members (excludes halogenated alkanes) is 12. The first-order valence-corrected chi connectivity index (χ1v) is 12.2. The third kappa shape index (κ3) is 21.6. The molecule has 0 bridgehead atoms. The fourth-order valence-electron chi connectivity index (χ4n) is 3.67. The maximum atomic E-state index is 10.9. The molecule has 0 fully saturated rings. The van der Waals surface area contributed by atoms with Gasteiger partial charge in [0.2, 0.25) is 0 Å². The number of quaternary nitrogens is 1. The van der Waals surface area contributed by atoms with Gasteiger partial charge in [-0.3, -0.25) is 0 Å². The molecule has 1 N–H and O–H groups in total. The molecule has 0 aromatic heterocycles. The fraction of sp³-hybridized carbons (Fsp3) is 0.880. The van der Waals surface area contributed by atoms with E-state index in [2.05, 4.69) is 6.92 Å². The highest BCUT2D eigenvalue weighted by Gasteiger charge is 2.18. The molecule has 0 spiro atoms. The number of hydrogen-bond acceptors (Lipinski definition) is 4. The van der Waals surface area contributed by atoms with Crippen molar-refractivity contribution < 1.29 is 24.2 Å². The molecule has 0 aromatic carbocycles. The van der Waals surface area contributed by atoms with E-state index in [0.717, 1.165) is 19.3 Å². The second kappa shape index (κ2) is 18.7. The van der Waals surface area contributed by atoms with Crippen LogP contribution in [0, 0.1) is 0 Å². The average Bonchev–Trinajstić information content (AvgIpc) is 2.63. The second-order valence-electron chi connectivity index (χ2n) is 9.73. The molecule has 2 unspecified atom stereocenters. The number of carbonyl (C=O) groups is 1. The van der Waals surface area contributed by atoms with Crippen molar-refractivity contribution in [2.24, 2.45) is 0 Å². The molecule has 0 aromatic rings. The number of carbonyl (C=O) groups excluding carboxylic acids is 1. The van der Waals surface area contributed by atoms with E-state index in [0.29, 0.717) is 11.0 Å². The first kappa shape index (κ1) is 28.9. The van der Waals surface area contributed by atoms with E-state index in [1.54, 1.807) is 6.08 Å². The van der Waals surface area contributed by atoms with E-state index in [-0.39, 0.29) is 6.42 Å². The van der Waals surface area contributed by atoms with Crippen molar-refractivity contribution in [2.45, 2.75) is 115 Å². The van der Waals surface area contributed by atoms with E-state index >= 15 is 0 Å². The Bertz CT molecular complexity index is 431. The summed E-state index contributed by atoms with van der Waals surface area (Å²) in [6.07, 6.45) is 19.7. The molecular weight excluding hydrogens is 378 g/mol. The van der Waals surface area contributed by atoms with E-state index in [9.17, 15) is 15.0 Å². The van der Waals surface area contributed by atoms with Crippen LogP contribution < -0.4 is 5.11 Å². The third-order valence-corrected chi connectivity index (χ3v) is 5.32. The summed E-state index contributed by atoms with van der Waals surface area (Å²) in [6.45, 7) is 2.82. The van der Waals surface area contributed by atoms with Crippen LogP contribution in [0.4, 0.5) is 0 Å². The summed E-state index contributed by atoms with van der Waals surface area (Å²) in [5.41, 5.74) is 0. The summed E-state index contributed by atoms with van der Waals surface area (Å²) < 4.78 is 6.15. The Kier molecular flexibility index (Phi) is 18.0. The van der Waals surface area contributed by atoms with Gasteiger partial charge in [0.25, 0.3) is 0 Å². The van der Waals surface area contributed by atoms with Gasteiger partial charge in [-0.15, -0.1) is 0 Å². The maximum Gasteiger partial charge on any atom is 0.152 e. The van der Waals surface area contributed by atoms with Gasteiger partial charge in [-0.1, -0.05) is 90.4 Å². The van der Waals surface area contributed by atoms with Crippen LogP contribution in [0.25, 0.3) is 0 Å². The van der Waals surface area contributed by atoms with Crippen molar-refractivity contribution in [1.82, 2.24) is 0 Å². The summed E-state index contributed by atoms with van der Waals surface area (Å²) in [5, 5.41) is 20.9. The third-order valence-electron chi connectivity index (χ3n) is 5.32. The molecule has 2 atom stereocenters. The van der Waals surface area contributed by atoms with Crippen LogP contribution in [0.1, 0.15) is 103 Å². The molecule has 5 heteroatoms. The van der Waals surface area contributed by atoms with Gasteiger partial charge >= 0.3 is 0 Å². The average molecular weight is 428 g/mol. The number of aliphatic hydroxyl groups is 1. The topological polar surface area (TPSA) is 69.6 Å². The number of rotatable bonds is 21. The molecule has 5 nitrogen and oxygen atoms in total. The predicted octanol–water partition coefficient (Wildman–Crippen LogP) is 4.57. The molecule has 178 valence electrons. The molecule has 30 heavy (non-hydrogen) atoms. The van der Waals surface area contributed by atoms with Gasteiger partial charge in [0, 0.05) is 12.4 Å². The summed E-state index contributed by atoms with van der Waals surface area (Å²) >= 11 is 0. The number of aliphatic hydroxyl groups excluding tert-OH is 1. The van der Waals surface area contributed by atoms with E-state index in [1.165, 1.54) is 76.9 Å². The summed E-state index contributed by atoms with van der Waals surface area (Å²) in [4.78, 5) is 10.9. The van der Waals surface area contributed by atoms with Crippen molar-refractivity contribution in [1.29, 1.82) is 0 Å². The highest BCUT2D eigenvalue weighted by atomic mass is 16.5. The van der Waals surface area contributed by atoms with E-state index in [1.807, 2.05) is 21.1 Å². The van der Waals surface area contributed by atoms with E-state index < -0.39 is 18.2 Å². The maximum absolute atomic E-state index is 10.9. The van der Waals surface area contributed by atoms with Gasteiger partial charge in [0.05, 0.1) is 33.5 Å². The predicted molar refractivity (Wildman–Crippen MR) is 123 cm³/mol. The summed E-state index contributed by atoms with van der Waals surface area (Å²) in [6, 6.07) is 0. The van der Waals surface area contributed by atoms with Crippen molar-refractivity contribution in [3.8, 4) is 0 Å². The molecule has 0 radical (unpaired) electrons. The monoisotopic (exact) mass is 427 g/mol. The van der Waals surface area contributed by atoms with Crippen molar-refractivity contribution in [3.63, 3.8) is 0 Å². The normalized spacial score (nSPS) is 14.2. The molecule has 0 aliphatic heterocycles. The number of ether oxygens (including phenoxy) is 1. The van der Waals surface area contributed by atoms with Gasteiger partial charge in [0.15, 0.2) is 6.10 Å². The van der Waals surface area contributed by atoms with Crippen molar-refractivity contribution in [3.05, 3.63) is 12.3 Å². The highest BCUT2D eigenvalue weighted by molar-refractivity contribution is 5.64. The first-order valence-electron chi connectivity index (χ1n) is 12.2. The Hall–Kier alpha value is -1.07. The molecule has 0 aliphatic rings. The quantitative estimate of drug-likeness (QED) is 0.165. The number of nitrogens with zero attached hydrogens (tertiary/aromatic N) is 1. The minimum absolute atomic E-state index is 0.144. The summed E-state index contributed by atoms with van der Waals surface area (Å²) in [7, 11) is 5.95. The van der Waals surface area contributed by atoms with E-state index in [4.69, 9.17) is 4.74 Å². The van der Waals surface area contributed by atoms with Gasteiger partial charge in [-0.05, 0) is 12.5 Å². The lowest BCUT2D eigenvalue weighted by molar-refractivity contribution is -0.873. The second-order valence-corrected chi connectivity index (χ2v) is 9.73. The van der Waals surface area contributed by atoms with Crippen LogP contribution in [0.2, 0.25) is 0 Å². The standard InChI is InChI=1S/C25H49NO4/c1-5-6-7-8-9-10-11-12-13-14-15-16-17-18-23(27)19-20-30-24(21-25(28)29)22-26(2,3)4/h19-20,23-24,27H,5-18,21-22H2,1-4H3. The highest BCUT2D eigenvalue weighted by Crippen LogP contribution is 2.14. The number of carboxylic acid groups (broad SMARTS) is 1. The Balaban J connectivity index is 3.67. The fourth-order valence-corrected chi connectivity index (χ4v) is 3.67. The van der Waals surface area contributed by atoms with Crippen LogP contribution in [0.3, 0.4) is 0 Å². The van der Waals surface area contributed by atoms with Gasteiger partial charge < -0.3 is 24.2 Å². The lowest BCUT2D eigenvalue weighted by atomic mass is 10.0. The Morgan fingerprint density at radius 2 is 1.37 bits per heavy atom. The largest absolute Gasteiger partial charge is 0.550 e. The van der Waals surface area contributed by atoms with Crippen LogP contribution in [-0.4, -0.2) is 55.5 Å². The number of hydrogen-bond donors (Lipinski definition) is 1. The smallest absolute Gasteiger partial charge is 0.152 e. The number of carboxylic acids is 1. The minimum Gasteiger partial charge on any atom is -0.550 e. The zero-order valence-electron chi connectivity index (χ0n) is 20.2. The van der Waals surface area contributed by atoms with Gasteiger partial charge in [-0.2, -0.15) is 0 Å². The van der Waals surface area contributed by atoms with Crippen LogP contribution in [0.5, 0.6) is 0 Å². The van der Waals surface area contributed by atoms with Crippen LogP contribution >= 0.6 is 0 Å². The molecule has 0 aliphatic carbocycles. The zero-order valence-corrected chi connectivity index (χ0v) is 20.2. The Labute approximate surface area is 186 Å². The molecule has 0 saturated carbocycles. The molecule has 0 saturated heterocycles. The number of aliphatic carboxylic acids is 1. The summed E-state index contributed by atoms with van der Waals surface area (Å²) in [5.74, 6) is -1.12. The molecule has 0 amide bonds. The SMILES string of the molecule is CCCCCCCCCCCCCCCC(O)C=COC(CC(=O)[O-])C[N+](C)(C)C. The molecule has 0 heterocycles. The van der Waals surface area contributed by atoms with Gasteiger partial charge in [0.1, 0.15) is 6.54 Å². The Morgan fingerprint density at radius 1 is 0.900 bits per heavy atom. The lowest BCUT2D eigenvalue weighted by Gasteiger charge is -2.29. The molecular formula is C25H49NO4. The van der Waals surface area contributed by atoms with Crippen LogP contribution in [0.15, 0.2) is 12.3 Å². The lowest BCUT2D eigenvalue weighted by Crippen LogP contribution is -2.44.